The van der Waals surface area contributed by atoms with E-state index < -0.39 is 11.4 Å². The zero-order chi connectivity index (χ0) is 25.8. The van der Waals surface area contributed by atoms with Gasteiger partial charge in [-0.25, -0.2) is 19.5 Å². The second kappa shape index (κ2) is 11.4. The summed E-state index contributed by atoms with van der Waals surface area (Å²) in [6.07, 6.45) is 5.10. The summed E-state index contributed by atoms with van der Waals surface area (Å²) in [6, 6.07) is 17.8. The Morgan fingerprint density at radius 2 is 1.78 bits per heavy atom. The molecule has 2 aliphatic heterocycles. The second-order valence-electron chi connectivity index (χ2n) is 9.48. The van der Waals surface area contributed by atoms with Gasteiger partial charge in [0.25, 0.3) is 0 Å². The molecule has 2 atom stereocenters. The van der Waals surface area contributed by atoms with Gasteiger partial charge in [-0.3, -0.25) is 9.80 Å². The predicted octanol–water partition coefficient (Wildman–Crippen LogP) is 4.39. The van der Waals surface area contributed by atoms with Gasteiger partial charge in [0.1, 0.15) is 12.9 Å². The molecular formula is C27H32N6O3S. The minimum Gasteiger partial charge on any atom is -0.593 e. The largest absolute Gasteiger partial charge is 0.593 e. The Hall–Kier alpha value is -3.34. The van der Waals surface area contributed by atoms with Gasteiger partial charge >= 0.3 is 6.09 Å². The molecule has 2 aliphatic rings. The molecule has 2 aromatic carbocycles. The SMILES string of the molecule is Cc1nc(Nc2ccc(N[S+](C)[O-])cc2)ncc1CN1CCC(N2C(=O)OC[C@H]2c2ccccc2)CC1. The highest BCUT2D eigenvalue weighted by Gasteiger charge is 2.40. The number of ether oxygens (including phenoxy) is 1. The average molecular weight is 521 g/mol. The number of likely N-dealkylation sites (tertiary alicyclic amines) is 1. The monoisotopic (exact) mass is 520 g/mol. The van der Waals surface area contributed by atoms with Crippen LogP contribution in [0.3, 0.4) is 0 Å². The van der Waals surface area contributed by atoms with Crippen LogP contribution in [0.4, 0.5) is 22.1 Å². The van der Waals surface area contributed by atoms with Crippen LogP contribution in [-0.4, -0.2) is 62.4 Å². The van der Waals surface area contributed by atoms with Crippen molar-refractivity contribution in [3.05, 3.63) is 77.6 Å². The lowest BCUT2D eigenvalue weighted by Crippen LogP contribution is -2.46. The summed E-state index contributed by atoms with van der Waals surface area (Å²) < 4.78 is 19.6. The summed E-state index contributed by atoms with van der Waals surface area (Å²) in [4.78, 5) is 26.1. The number of amides is 1. The predicted molar refractivity (Wildman–Crippen MR) is 145 cm³/mol. The molecule has 0 bridgehead atoms. The average Bonchev–Trinajstić information content (AvgIpc) is 3.29. The Morgan fingerprint density at radius 3 is 2.46 bits per heavy atom. The fourth-order valence-corrected chi connectivity index (χ4v) is 5.46. The van der Waals surface area contributed by atoms with Gasteiger partial charge in [-0.1, -0.05) is 30.3 Å². The van der Waals surface area contributed by atoms with Crippen LogP contribution in [0, 0.1) is 6.92 Å². The first kappa shape index (κ1) is 25.3. The van der Waals surface area contributed by atoms with Crippen molar-refractivity contribution in [2.45, 2.75) is 38.4 Å². The van der Waals surface area contributed by atoms with E-state index in [1.807, 2.05) is 60.5 Å². The Labute approximate surface area is 220 Å². The molecule has 1 amide bonds. The molecule has 0 aliphatic carbocycles. The van der Waals surface area contributed by atoms with Crippen molar-refractivity contribution >= 4 is 34.8 Å². The standard InChI is InChI=1S/C27H32N6O3S/c1-19-21(16-28-26(29-19)30-22-8-10-23(11-9-22)31-37(2)35)17-32-14-12-24(13-15-32)33-25(18-36-27(33)34)20-6-4-3-5-7-20/h3-11,16,24-25,31H,12-15,17-18H2,1-2H3,(H,28,29,30)/t25-,37?/m0/s1. The summed E-state index contributed by atoms with van der Waals surface area (Å²) in [5.41, 5.74) is 4.81. The van der Waals surface area contributed by atoms with Gasteiger partial charge in [0.2, 0.25) is 5.95 Å². The van der Waals surface area contributed by atoms with Crippen molar-refractivity contribution < 1.29 is 14.1 Å². The molecule has 2 fully saturated rings. The number of nitrogens with one attached hydrogen (secondary N) is 2. The fraction of sp³-hybridized carbons (Fsp3) is 0.370. The van der Waals surface area contributed by atoms with E-state index >= 15 is 0 Å². The maximum absolute atomic E-state index is 12.5. The van der Waals surface area contributed by atoms with E-state index in [2.05, 4.69) is 37.0 Å². The van der Waals surface area contributed by atoms with E-state index in [9.17, 15) is 9.35 Å². The number of anilines is 3. The molecule has 9 nitrogen and oxygen atoms in total. The van der Waals surface area contributed by atoms with Crippen LogP contribution in [0.5, 0.6) is 0 Å². The number of carbonyl (C=O) groups is 1. The molecule has 2 N–H and O–H groups in total. The molecular weight excluding hydrogens is 488 g/mol. The molecule has 0 radical (unpaired) electrons. The number of aromatic nitrogens is 2. The van der Waals surface area contributed by atoms with Gasteiger partial charge in [-0.05, 0) is 49.6 Å². The third kappa shape index (κ3) is 6.15. The zero-order valence-electron chi connectivity index (χ0n) is 21.1. The zero-order valence-corrected chi connectivity index (χ0v) is 21.9. The molecule has 1 aromatic heterocycles. The lowest BCUT2D eigenvalue weighted by Gasteiger charge is -2.38. The van der Waals surface area contributed by atoms with Crippen LogP contribution in [0.2, 0.25) is 0 Å². The highest BCUT2D eigenvalue weighted by molar-refractivity contribution is 7.92. The van der Waals surface area contributed by atoms with E-state index in [4.69, 9.17) is 4.74 Å². The molecule has 3 aromatic rings. The number of aryl methyl sites for hydroxylation is 1. The first-order valence-corrected chi connectivity index (χ1v) is 14.0. The first-order chi connectivity index (χ1) is 18.0. The van der Waals surface area contributed by atoms with Crippen LogP contribution < -0.4 is 10.0 Å². The third-order valence-corrected chi connectivity index (χ3v) is 7.45. The van der Waals surface area contributed by atoms with Crippen molar-refractivity contribution in [1.29, 1.82) is 0 Å². The summed E-state index contributed by atoms with van der Waals surface area (Å²) in [5.74, 6) is 0.541. The van der Waals surface area contributed by atoms with Crippen molar-refractivity contribution in [2.75, 3.05) is 36.0 Å². The summed E-state index contributed by atoms with van der Waals surface area (Å²) in [6.45, 7) is 5.00. The van der Waals surface area contributed by atoms with Gasteiger partial charge in [0, 0.05) is 48.8 Å². The Balaban J connectivity index is 1.16. The van der Waals surface area contributed by atoms with Crippen LogP contribution in [0.25, 0.3) is 0 Å². The van der Waals surface area contributed by atoms with E-state index in [-0.39, 0.29) is 18.2 Å². The normalized spacial score (nSPS) is 19.5. The minimum absolute atomic E-state index is 0.0102. The summed E-state index contributed by atoms with van der Waals surface area (Å²) in [7, 11) is 0. The Kier molecular flexibility index (Phi) is 7.78. The summed E-state index contributed by atoms with van der Waals surface area (Å²) >= 11 is -1.11. The van der Waals surface area contributed by atoms with Crippen LogP contribution in [0.15, 0.2) is 60.8 Å². The van der Waals surface area contributed by atoms with E-state index in [1.54, 1.807) is 6.26 Å². The van der Waals surface area contributed by atoms with Gasteiger partial charge < -0.3 is 14.6 Å². The lowest BCUT2D eigenvalue weighted by atomic mass is 9.99. The minimum atomic E-state index is -1.11. The molecule has 0 spiro atoms. The molecule has 5 rings (SSSR count). The van der Waals surface area contributed by atoms with E-state index in [1.165, 1.54) is 0 Å². The van der Waals surface area contributed by atoms with Gasteiger partial charge in [0.05, 0.1) is 23.1 Å². The molecule has 37 heavy (non-hydrogen) atoms. The van der Waals surface area contributed by atoms with E-state index in [0.717, 1.165) is 60.7 Å². The van der Waals surface area contributed by atoms with Crippen molar-refractivity contribution in [3.63, 3.8) is 0 Å². The smallest absolute Gasteiger partial charge is 0.410 e. The number of rotatable bonds is 8. The molecule has 0 saturated carbocycles. The van der Waals surface area contributed by atoms with Crippen molar-refractivity contribution in [1.82, 2.24) is 19.8 Å². The molecule has 3 heterocycles. The Morgan fingerprint density at radius 1 is 1.08 bits per heavy atom. The van der Waals surface area contributed by atoms with Gasteiger partial charge in [-0.15, -0.1) is 0 Å². The van der Waals surface area contributed by atoms with Gasteiger partial charge in [0.15, 0.2) is 0 Å². The highest BCUT2D eigenvalue weighted by Crippen LogP contribution is 2.33. The highest BCUT2D eigenvalue weighted by atomic mass is 32.2. The maximum atomic E-state index is 12.5. The quantitative estimate of drug-likeness (QED) is 0.421. The number of hydrogen-bond donors (Lipinski definition) is 2. The van der Waals surface area contributed by atoms with Crippen molar-refractivity contribution in [2.24, 2.45) is 0 Å². The molecule has 10 heteroatoms. The van der Waals surface area contributed by atoms with Crippen LogP contribution in [0.1, 0.15) is 35.7 Å². The second-order valence-corrected chi connectivity index (χ2v) is 10.6. The molecule has 1 unspecified atom stereocenters. The van der Waals surface area contributed by atoms with Crippen LogP contribution >= 0.6 is 0 Å². The fourth-order valence-electron chi connectivity index (χ4n) is 4.99. The topological polar surface area (TPSA) is 106 Å². The number of carbonyl (C=O) groups excluding carboxylic acids is 1. The Bertz CT molecular complexity index is 1200. The number of cyclic esters (lactones) is 1. The van der Waals surface area contributed by atoms with E-state index in [0.29, 0.717) is 12.6 Å². The number of piperidine rings is 1. The number of nitrogens with zero attached hydrogens (tertiary/aromatic N) is 4. The molecule has 2 saturated heterocycles. The number of hydrogen-bond acceptors (Lipinski definition) is 8. The molecule has 194 valence electrons. The lowest BCUT2D eigenvalue weighted by molar-refractivity contribution is 0.104. The first-order valence-electron chi connectivity index (χ1n) is 12.5. The van der Waals surface area contributed by atoms with Crippen molar-refractivity contribution in [3.8, 4) is 0 Å². The number of benzene rings is 2. The maximum Gasteiger partial charge on any atom is 0.410 e. The van der Waals surface area contributed by atoms with Gasteiger partial charge in [-0.2, -0.15) is 0 Å². The third-order valence-electron chi connectivity index (χ3n) is 6.92. The van der Waals surface area contributed by atoms with Crippen LogP contribution in [-0.2, 0) is 22.6 Å². The summed E-state index contributed by atoms with van der Waals surface area (Å²) in [5, 5.41) is 3.23.